The van der Waals surface area contributed by atoms with Crippen molar-refractivity contribution in [3.63, 3.8) is 0 Å². The van der Waals surface area contributed by atoms with Crippen LogP contribution in [0.2, 0.25) is 0 Å². The maximum Gasteiger partial charge on any atom is 0.267 e. The number of pyridine rings is 1. The number of unbranched alkanes of at least 4 members (excludes halogenated alkanes) is 2. The van der Waals surface area contributed by atoms with Crippen LogP contribution >= 0.6 is 0 Å². The van der Waals surface area contributed by atoms with Crippen LogP contribution in [0.15, 0.2) is 23.0 Å². The van der Waals surface area contributed by atoms with Gasteiger partial charge in [0.2, 0.25) is 5.56 Å². The normalized spacial score (nSPS) is 10.2. The number of rotatable bonds is 7. The predicted octanol–water partition coefficient (Wildman–Crippen LogP) is 0.921. The Kier molecular flexibility index (Phi) is 6.03. The van der Waals surface area contributed by atoms with Crippen molar-refractivity contribution in [2.24, 2.45) is 0 Å². The number of aromatic amines is 1. The van der Waals surface area contributed by atoms with Crippen LogP contribution in [0, 0.1) is 0 Å². The lowest BCUT2D eigenvalue weighted by molar-refractivity contribution is 0.0947. The van der Waals surface area contributed by atoms with E-state index in [0.29, 0.717) is 12.2 Å². The number of hydrogen-bond acceptors (Lipinski definition) is 3. The number of ether oxygens (including phenoxy) is 1. The third-order valence-electron chi connectivity index (χ3n) is 2.32. The van der Waals surface area contributed by atoms with Crippen molar-refractivity contribution >= 4 is 5.91 Å². The minimum atomic E-state index is -0.266. The zero-order valence-corrected chi connectivity index (χ0v) is 9.99. The van der Waals surface area contributed by atoms with E-state index in [1.807, 2.05) is 0 Å². The van der Waals surface area contributed by atoms with Crippen LogP contribution in [-0.2, 0) is 4.74 Å². The van der Waals surface area contributed by atoms with E-state index in [0.717, 1.165) is 25.9 Å². The zero-order valence-electron chi connectivity index (χ0n) is 9.99. The van der Waals surface area contributed by atoms with Crippen molar-refractivity contribution in [1.82, 2.24) is 10.3 Å². The molecule has 0 unspecified atom stereocenters. The van der Waals surface area contributed by atoms with Gasteiger partial charge in [-0.15, -0.1) is 0 Å². The fraction of sp³-hybridized carbons (Fsp3) is 0.500. The van der Waals surface area contributed by atoms with Crippen LogP contribution in [0.4, 0.5) is 0 Å². The maximum absolute atomic E-state index is 11.6. The Labute approximate surface area is 100 Å². The Morgan fingerprint density at radius 2 is 2.18 bits per heavy atom. The summed E-state index contributed by atoms with van der Waals surface area (Å²) in [4.78, 5) is 25.1. The number of nitrogens with one attached hydrogen (secondary N) is 2. The van der Waals surface area contributed by atoms with Crippen LogP contribution in [0.25, 0.3) is 0 Å². The van der Waals surface area contributed by atoms with Gasteiger partial charge in [-0.05, 0) is 25.3 Å². The Hall–Kier alpha value is -1.62. The zero-order chi connectivity index (χ0) is 12.5. The van der Waals surface area contributed by atoms with Crippen molar-refractivity contribution < 1.29 is 9.53 Å². The van der Waals surface area contributed by atoms with Crippen LogP contribution in [0.3, 0.4) is 0 Å². The molecule has 1 rings (SSSR count). The first-order chi connectivity index (χ1) is 8.24. The first-order valence-corrected chi connectivity index (χ1v) is 5.70. The molecule has 0 aromatic carbocycles. The van der Waals surface area contributed by atoms with Gasteiger partial charge in [0.25, 0.3) is 5.91 Å². The van der Waals surface area contributed by atoms with Gasteiger partial charge in [0.15, 0.2) is 0 Å². The SMILES string of the molecule is COCCCCCNC(=O)c1cccc(=O)[nH]1. The number of carbonyl (C=O) groups is 1. The number of methoxy groups -OCH3 is 1. The summed E-state index contributed by atoms with van der Waals surface area (Å²) in [7, 11) is 1.67. The lowest BCUT2D eigenvalue weighted by Crippen LogP contribution is -2.27. The predicted molar refractivity (Wildman–Crippen MR) is 65.1 cm³/mol. The molecule has 5 heteroatoms. The molecule has 0 aliphatic rings. The monoisotopic (exact) mass is 238 g/mol. The molecular formula is C12H18N2O3. The minimum Gasteiger partial charge on any atom is -0.385 e. The van der Waals surface area contributed by atoms with Crippen molar-refractivity contribution in [3.8, 4) is 0 Å². The molecule has 0 aliphatic heterocycles. The van der Waals surface area contributed by atoms with Crippen LogP contribution in [-0.4, -0.2) is 31.2 Å². The van der Waals surface area contributed by atoms with Crippen LogP contribution in [0.5, 0.6) is 0 Å². The molecular weight excluding hydrogens is 220 g/mol. The Morgan fingerprint density at radius 3 is 2.88 bits per heavy atom. The standard InChI is InChI=1S/C12H18N2O3/c1-17-9-4-2-3-8-13-12(16)10-6-5-7-11(15)14-10/h5-7H,2-4,8-9H2,1H3,(H,13,16)(H,14,15). The van der Waals surface area contributed by atoms with Gasteiger partial charge in [-0.25, -0.2) is 0 Å². The number of aromatic nitrogens is 1. The van der Waals surface area contributed by atoms with E-state index in [1.54, 1.807) is 19.2 Å². The highest BCUT2D eigenvalue weighted by Crippen LogP contribution is 1.95. The largest absolute Gasteiger partial charge is 0.385 e. The molecule has 94 valence electrons. The molecule has 2 N–H and O–H groups in total. The molecule has 1 aromatic heterocycles. The van der Waals surface area contributed by atoms with Gasteiger partial charge >= 0.3 is 0 Å². The Bertz CT molecular complexity index is 401. The molecule has 0 bridgehead atoms. The first-order valence-electron chi connectivity index (χ1n) is 5.70. The molecule has 0 fully saturated rings. The quantitative estimate of drug-likeness (QED) is 0.694. The second-order valence-electron chi connectivity index (χ2n) is 3.74. The van der Waals surface area contributed by atoms with Gasteiger partial charge in [0, 0.05) is 26.3 Å². The van der Waals surface area contributed by atoms with Gasteiger partial charge in [-0.2, -0.15) is 0 Å². The van der Waals surface area contributed by atoms with Gasteiger partial charge in [-0.3, -0.25) is 9.59 Å². The lowest BCUT2D eigenvalue weighted by Gasteiger charge is -2.04. The van der Waals surface area contributed by atoms with E-state index in [1.165, 1.54) is 6.07 Å². The summed E-state index contributed by atoms with van der Waals surface area (Å²) in [5, 5.41) is 2.75. The third kappa shape index (κ3) is 5.31. The molecule has 0 radical (unpaired) electrons. The summed E-state index contributed by atoms with van der Waals surface area (Å²) in [6, 6.07) is 4.52. The summed E-state index contributed by atoms with van der Waals surface area (Å²) in [5.74, 6) is -0.241. The summed E-state index contributed by atoms with van der Waals surface area (Å²) < 4.78 is 4.92. The van der Waals surface area contributed by atoms with Gasteiger partial charge in [0.05, 0.1) is 0 Å². The molecule has 1 heterocycles. The first kappa shape index (κ1) is 13.4. The summed E-state index contributed by atoms with van der Waals surface area (Å²) in [5.41, 5.74) is 0.0344. The van der Waals surface area contributed by atoms with E-state index >= 15 is 0 Å². The van der Waals surface area contributed by atoms with E-state index in [-0.39, 0.29) is 11.5 Å². The molecule has 17 heavy (non-hydrogen) atoms. The van der Waals surface area contributed by atoms with E-state index in [4.69, 9.17) is 4.74 Å². The van der Waals surface area contributed by atoms with E-state index in [2.05, 4.69) is 10.3 Å². The topological polar surface area (TPSA) is 71.2 Å². The average molecular weight is 238 g/mol. The molecule has 0 saturated heterocycles. The van der Waals surface area contributed by atoms with Crippen molar-refractivity contribution in [2.45, 2.75) is 19.3 Å². The molecule has 1 amide bonds. The van der Waals surface area contributed by atoms with Gasteiger partial charge in [-0.1, -0.05) is 6.07 Å². The van der Waals surface area contributed by atoms with Gasteiger partial charge < -0.3 is 15.0 Å². The highest BCUT2D eigenvalue weighted by molar-refractivity contribution is 5.92. The number of amides is 1. The molecule has 0 atom stereocenters. The fourth-order valence-corrected chi connectivity index (χ4v) is 1.43. The Morgan fingerprint density at radius 1 is 1.35 bits per heavy atom. The number of H-pyrrole nitrogens is 1. The Balaban J connectivity index is 2.24. The number of hydrogen-bond donors (Lipinski definition) is 2. The van der Waals surface area contributed by atoms with Crippen LogP contribution < -0.4 is 10.9 Å². The number of carbonyl (C=O) groups excluding carboxylic acids is 1. The third-order valence-corrected chi connectivity index (χ3v) is 2.32. The highest BCUT2D eigenvalue weighted by atomic mass is 16.5. The second kappa shape index (κ2) is 7.62. The molecule has 0 aliphatic carbocycles. The molecule has 1 aromatic rings. The van der Waals surface area contributed by atoms with Gasteiger partial charge in [0.1, 0.15) is 5.69 Å². The van der Waals surface area contributed by atoms with Crippen molar-refractivity contribution in [3.05, 3.63) is 34.2 Å². The molecule has 0 saturated carbocycles. The average Bonchev–Trinajstić information content (AvgIpc) is 2.33. The van der Waals surface area contributed by atoms with Crippen molar-refractivity contribution in [1.29, 1.82) is 0 Å². The second-order valence-corrected chi connectivity index (χ2v) is 3.74. The summed E-state index contributed by atoms with van der Waals surface area (Å²) in [6.07, 6.45) is 2.92. The van der Waals surface area contributed by atoms with Crippen molar-refractivity contribution in [2.75, 3.05) is 20.3 Å². The smallest absolute Gasteiger partial charge is 0.267 e. The highest BCUT2D eigenvalue weighted by Gasteiger charge is 2.04. The maximum atomic E-state index is 11.6. The van der Waals surface area contributed by atoms with E-state index in [9.17, 15) is 9.59 Å². The summed E-state index contributed by atoms with van der Waals surface area (Å²) >= 11 is 0. The lowest BCUT2D eigenvalue weighted by atomic mass is 10.2. The summed E-state index contributed by atoms with van der Waals surface area (Å²) in [6.45, 7) is 1.36. The molecule has 5 nitrogen and oxygen atoms in total. The molecule has 0 spiro atoms. The minimum absolute atomic E-state index is 0.241. The van der Waals surface area contributed by atoms with E-state index < -0.39 is 0 Å². The fourth-order valence-electron chi connectivity index (χ4n) is 1.43. The van der Waals surface area contributed by atoms with Crippen LogP contribution in [0.1, 0.15) is 29.8 Å².